The van der Waals surface area contributed by atoms with E-state index in [1.165, 1.54) is 0 Å². The average Bonchev–Trinajstić information content (AvgIpc) is 3.18. The van der Waals surface area contributed by atoms with Crippen LogP contribution in [0.25, 0.3) is 0 Å². The lowest BCUT2D eigenvalue weighted by Crippen LogP contribution is -2.50. The van der Waals surface area contributed by atoms with E-state index in [0.29, 0.717) is 12.8 Å². The van der Waals surface area contributed by atoms with Crippen LogP contribution >= 0.6 is 0 Å². The van der Waals surface area contributed by atoms with Gasteiger partial charge in [-0.05, 0) is 45.4 Å². The highest BCUT2D eigenvalue weighted by molar-refractivity contribution is 5.86. The lowest BCUT2D eigenvalue weighted by molar-refractivity contribution is -0.145. The first-order chi connectivity index (χ1) is 14.4. The van der Waals surface area contributed by atoms with E-state index in [0.717, 1.165) is 44.9 Å². The summed E-state index contributed by atoms with van der Waals surface area (Å²) in [5.41, 5.74) is -0.556. The molecule has 1 rings (SSSR count). The topological polar surface area (TPSA) is 105 Å². The number of aliphatic hydroxyl groups is 1. The van der Waals surface area contributed by atoms with E-state index in [1.54, 1.807) is 13.0 Å². The van der Waals surface area contributed by atoms with Crippen LogP contribution in [0.5, 0.6) is 0 Å². The van der Waals surface area contributed by atoms with E-state index < -0.39 is 11.5 Å². The van der Waals surface area contributed by atoms with Crippen LogP contribution < -0.4 is 10.6 Å². The quantitative estimate of drug-likeness (QED) is 0.214. The molecular weight excluding hydrogens is 384 g/mol. The van der Waals surface area contributed by atoms with Gasteiger partial charge in [0.25, 0.3) is 0 Å². The number of allylic oxidation sites excluding steroid dienone is 2. The molecule has 0 saturated heterocycles. The van der Waals surface area contributed by atoms with Gasteiger partial charge in [-0.15, -0.1) is 13.2 Å². The Morgan fingerprint density at radius 2 is 1.87 bits per heavy atom. The molecule has 1 aliphatic carbocycles. The molecule has 0 aromatic heterocycles. The Hall–Kier alpha value is -2.15. The summed E-state index contributed by atoms with van der Waals surface area (Å²) in [7, 11) is 0. The lowest BCUT2D eigenvalue weighted by Gasteiger charge is -2.29. The van der Waals surface area contributed by atoms with Gasteiger partial charge in [-0.1, -0.05) is 25.0 Å². The summed E-state index contributed by atoms with van der Waals surface area (Å²) in [5, 5.41) is 15.4. The maximum Gasteiger partial charge on any atom is 0.305 e. The fraction of sp³-hybridized carbons (Fsp3) is 0.696. The molecule has 1 fully saturated rings. The summed E-state index contributed by atoms with van der Waals surface area (Å²) in [6.45, 7) is 9.08. The van der Waals surface area contributed by atoms with Crippen molar-refractivity contribution in [3.05, 3.63) is 25.3 Å². The molecule has 2 unspecified atom stereocenters. The summed E-state index contributed by atoms with van der Waals surface area (Å²) < 4.78 is 5.22. The monoisotopic (exact) mass is 422 g/mol. The molecule has 0 heterocycles. The smallest absolute Gasteiger partial charge is 0.305 e. The van der Waals surface area contributed by atoms with Gasteiger partial charge in [-0.2, -0.15) is 0 Å². The van der Waals surface area contributed by atoms with E-state index in [4.69, 9.17) is 4.74 Å². The first-order valence-electron chi connectivity index (χ1n) is 11.0. The van der Waals surface area contributed by atoms with Gasteiger partial charge in [0.15, 0.2) is 0 Å². The van der Waals surface area contributed by atoms with Crippen LogP contribution in [0.1, 0.15) is 71.1 Å². The van der Waals surface area contributed by atoms with Crippen molar-refractivity contribution in [3.63, 3.8) is 0 Å². The normalized spacial score (nSPS) is 16.9. The Bertz CT molecular complexity index is 584. The zero-order chi connectivity index (χ0) is 22.4. The molecule has 0 aliphatic heterocycles. The van der Waals surface area contributed by atoms with E-state index >= 15 is 0 Å². The molecule has 7 nitrogen and oxygen atoms in total. The minimum absolute atomic E-state index is 0.0232. The first-order valence-corrected chi connectivity index (χ1v) is 11.0. The van der Waals surface area contributed by atoms with Gasteiger partial charge >= 0.3 is 5.97 Å². The maximum absolute atomic E-state index is 12.6. The second-order valence-corrected chi connectivity index (χ2v) is 8.25. The van der Waals surface area contributed by atoms with Gasteiger partial charge in [0.2, 0.25) is 11.8 Å². The molecule has 1 aliphatic rings. The second-order valence-electron chi connectivity index (χ2n) is 8.25. The number of carbonyl (C=O) groups excluding carboxylic acids is 3. The number of hydrogen-bond acceptors (Lipinski definition) is 5. The van der Waals surface area contributed by atoms with Crippen molar-refractivity contribution < 1.29 is 24.2 Å². The van der Waals surface area contributed by atoms with Gasteiger partial charge in [0.05, 0.1) is 24.1 Å². The lowest BCUT2D eigenvalue weighted by atomic mass is 9.95. The standard InChI is InChI=1S/C23H38N2O5/c1-4-6-7-8-12-21(28)30-16-18(3)24-22(29)19(11-5-2)15-20(27)25-23(17-26)13-9-10-14-23/h4-5,18-19,26H,1-2,6-17H2,3H3,(H,24,29)(H,25,27). The minimum atomic E-state index is -0.559. The molecule has 170 valence electrons. The molecule has 0 aromatic rings. The fourth-order valence-electron chi connectivity index (χ4n) is 3.68. The Labute approximate surface area is 180 Å². The number of amides is 2. The number of nitrogens with one attached hydrogen (secondary N) is 2. The van der Waals surface area contributed by atoms with Crippen LogP contribution in [-0.2, 0) is 19.1 Å². The second kappa shape index (κ2) is 14.0. The Morgan fingerprint density at radius 1 is 1.17 bits per heavy atom. The Balaban J connectivity index is 2.44. The molecule has 0 bridgehead atoms. The van der Waals surface area contributed by atoms with Crippen molar-refractivity contribution in [2.24, 2.45) is 5.92 Å². The third-order valence-corrected chi connectivity index (χ3v) is 5.44. The predicted octanol–water partition coefficient (Wildman–Crippen LogP) is 2.78. The van der Waals surface area contributed by atoms with Crippen LogP contribution in [0.3, 0.4) is 0 Å². The number of unbranched alkanes of at least 4 members (excludes halogenated alkanes) is 2. The van der Waals surface area contributed by atoms with E-state index in [-0.39, 0.29) is 43.5 Å². The Morgan fingerprint density at radius 3 is 2.47 bits per heavy atom. The van der Waals surface area contributed by atoms with Crippen molar-refractivity contribution in [3.8, 4) is 0 Å². The fourth-order valence-corrected chi connectivity index (χ4v) is 3.68. The van der Waals surface area contributed by atoms with Crippen molar-refractivity contribution in [1.82, 2.24) is 10.6 Å². The van der Waals surface area contributed by atoms with E-state index in [9.17, 15) is 19.5 Å². The highest BCUT2D eigenvalue weighted by atomic mass is 16.5. The summed E-state index contributed by atoms with van der Waals surface area (Å²) in [6, 6.07) is -0.358. The number of ether oxygens (including phenoxy) is 1. The zero-order valence-corrected chi connectivity index (χ0v) is 18.3. The molecule has 3 N–H and O–H groups in total. The van der Waals surface area contributed by atoms with E-state index in [2.05, 4.69) is 23.8 Å². The summed E-state index contributed by atoms with van der Waals surface area (Å²) in [5.74, 6) is -1.36. The third-order valence-electron chi connectivity index (χ3n) is 5.44. The number of aliphatic hydroxyl groups excluding tert-OH is 1. The third kappa shape index (κ3) is 9.57. The van der Waals surface area contributed by atoms with Crippen LogP contribution in [0.4, 0.5) is 0 Å². The maximum atomic E-state index is 12.6. The van der Waals surface area contributed by atoms with Crippen molar-refractivity contribution in [2.75, 3.05) is 13.2 Å². The van der Waals surface area contributed by atoms with Crippen LogP contribution in [0, 0.1) is 5.92 Å². The average molecular weight is 423 g/mol. The summed E-state index contributed by atoms with van der Waals surface area (Å²) >= 11 is 0. The summed E-state index contributed by atoms with van der Waals surface area (Å²) in [4.78, 5) is 36.9. The van der Waals surface area contributed by atoms with Crippen LogP contribution in [0.15, 0.2) is 25.3 Å². The zero-order valence-electron chi connectivity index (χ0n) is 18.3. The van der Waals surface area contributed by atoms with Crippen LogP contribution in [0.2, 0.25) is 0 Å². The van der Waals surface area contributed by atoms with Gasteiger partial charge in [-0.3, -0.25) is 14.4 Å². The van der Waals surface area contributed by atoms with Crippen molar-refractivity contribution >= 4 is 17.8 Å². The SMILES string of the molecule is C=CCCCCC(=O)OCC(C)NC(=O)C(CC=C)CC(=O)NC1(CO)CCCC1. The number of carbonyl (C=O) groups is 3. The molecular formula is C23H38N2O5. The number of rotatable bonds is 15. The van der Waals surface area contributed by atoms with Crippen LogP contribution in [-0.4, -0.2) is 47.7 Å². The van der Waals surface area contributed by atoms with Crippen molar-refractivity contribution in [2.45, 2.75) is 82.7 Å². The largest absolute Gasteiger partial charge is 0.464 e. The van der Waals surface area contributed by atoms with Crippen molar-refractivity contribution in [1.29, 1.82) is 0 Å². The van der Waals surface area contributed by atoms with Gasteiger partial charge in [0.1, 0.15) is 6.61 Å². The Kier molecular flexibility index (Phi) is 12.0. The molecule has 0 radical (unpaired) electrons. The first kappa shape index (κ1) is 25.9. The number of hydrogen-bond donors (Lipinski definition) is 3. The van der Waals surface area contributed by atoms with Gasteiger partial charge < -0.3 is 20.5 Å². The highest BCUT2D eigenvalue weighted by Crippen LogP contribution is 2.29. The predicted molar refractivity (Wildman–Crippen MR) is 117 cm³/mol. The minimum Gasteiger partial charge on any atom is -0.464 e. The summed E-state index contributed by atoms with van der Waals surface area (Å²) in [6.07, 6.45) is 10.1. The highest BCUT2D eigenvalue weighted by Gasteiger charge is 2.35. The molecule has 2 atom stereocenters. The van der Waals surface area contributed by atoms with E-state index in [1.807, 2.05) is 6.08 Å². The molecule has 7 heteroatoms. The molecule has 30 heavy (non-hydrogen) atoms. The molecule has 0 aromatic carbocycles. The molecule has 2 amide bonds. The van der Waals surface area contributed by atoms with Gasteiger partial charge in [-0.25, -0.2) is 0 Å². The molecule has 0 spiro atoms. The molecule has 1 saturated carbocycles. The van der Waals surface area contributed by atoms with Gasteiger partial charge in [0, 0.05) is 12.8 Å². The number of esters is 1.